The topological polar surface area (TPSA) is 88.6 Å². The quantitative estimate of drug-likeness (QED) is 0.798. The molecular formula is C13H21N3O3S. The van der Waals surface area contributed by atoms with Gasteiger partial charge in [0.05, 0.1) is 6.54 Å². The highest BCUT2D eigenvalue weighted by Crippen LogP contribution is 2.31. The summed E-state index contributed by atoms with van der Waals surface area (Å²) in [6.45, 7) is 3.87. The third-order valence-electron chi connectivity index (χ3n) is 4.03. The number of nitrogens with two attached hydrogens (primary N) is 1. The van der Waals surface area contributed by atoms with Crippen molar-refractivity contribution in [3.8, 4) is 0 Å². The van der Waals surface area contributed by atoms with Gasteiger partial charge in [0, 0.05) is 12.6 Å². The van der Waals surface area contributed by atoms with Crippen LogP contribution in [0.25, 0.3) is 0 Å². The van der Waals surface area contributed by atoms with Crippen molar-refractivity contribution in [3.63, 3.8) is 0 Å². The summed E-state index contributed by atoms with van der Waals surface area (Å²) in [6.07, 6.45) is 3.97. The Hall–Kier alpha value is -0.890. The van der Waals surface area contributed by atoms with Gasteiger partial charge in [-0.15, -0.1) is 0 Å². The van der Waals surface area contributed by atoms with E-state index < -0.39 is 10.0 Å². The summed E-state index contributed by atoms with van der Waals surface area (Å²) in [4.78, 5) is 2.58. The van der Waals surface area contributed by atoms with Crippen LogP contribution in [0.4, 0.5) is 0 Å². The third kappa shape index (κ3) is 3.41. The van der Waals surface area contributed by atoms with Crippen LogP contribution >= 0.6 is 0 Å². The Morgan fingerprint density at radius 1 is 1.35 bits per heavy atom. The molecule has 7 heteroatoms. The van der Waals surface area contributed by atoms with Crippen molar-refractivity contribution < 1.29 is 12.8 Å². The second-order valence-electron chi connectivity index (χ2n) is 5.78. The number of furan rings is 1. The van der Waals surface area contributed by atoms with Crippen LogP contribution in [0.5, 0.6) is 0 Å². The molecule has 0 aromatic carbocycles. The SMILES string of the molecule is NS(=O)(=O)c1ccc(CNCC2CCN(C3CC3)C2)o1. The minimum atomic E-state index is -3.73. The Bertz CT molecular complexity index is 565. The molecule has 0 radical (unpaired) electrons. The summed E-state index contributed by atoms with van der Waals surface area (Å²) in [5.74, 6) is 1.29. The molecule has 1 aromatic heterocycles. The summed E-state index contributed by atoms with van der Waals surface area (Å²) in [5, 5.41) is 8.16. The highest BCUT2D eigenvalue weighted by Gasteiger charge is 2.33. The van der Waals surface area contributed by atoms with Gasteiger partial charge in [-0.05, 0) is 50.4 Å². The average Bonchev–Trinajstić information content (AvgIpc) is 2.93. The van der Waals surface area contributed by atoms with Crippen molar-refractivity contribution in [2.75, 3.05) is 19.6 Å². The Kier molecular flexibility index (Phi) is 3.85. The molecule has 1 unspecified atom stereocenters. The average molecular weight is 299 g/mol. The highest BCUT2D eigenvalue weighted by molar-refractivity contribution is 7.89. The molecule has 1 aliphatic heterocycles. The van der Waals surface area contributed by atoms with Crippen LogP contribution in [-0.2, 0) is 16.6 Å². The van der Waals surface area contributed by atoms with Gasteiger partial charge in [-0.25, -0.2) is 13.6 Å². The second kappa shape index (κ2) is 5.48. The van der Waals surface area contributed by atoms with E-state index in [2.05, 4.69) is 10.2 Å². The number of sulfonamides is 1. The minimum absolute atomic E-state index is 0.171. The lowest BCUT2D eigenvalue weighted by molar-refractivity contribution is 0.310. The number of likely N-dealkylation sites (tertiary alicyclic amines) is 1. The summed E-state index contributed by atoms with van der Waals surface area (Å²) < 4.78 is 27.4. The molecule has 112 valence electrons. The molecule has 20 heavy (non-hydrogen) atoms. The summed E-state index contributed by atoms with van der Waals surface area (Å²) in [7, 11) is -3.73. The van der Waals surface area contributed by atoms with Crippen molar-refractivity contribution in [1.82, 2.24) is 10.2 Å². The fourth-order valence-electron chi connectivity index (χ4n) is 2.81. The number of rotatable bonds is 6. The monoisotopic (exact) mass is 299 g/mol. The lowest BCUT2D eigenvalue weighted by Gasteiger charge is -2.14. The van der Waals surface area contributed by atoms with Crippen molar-refractivity contribution >= 4 is 10.0 Å². The van der Waals surface area contributed by atoms with Crippen molar-refractivity contribution in [2.45, 2.75) is 36.9 Å². The van der Waals surface area contributed by atoms with Gasteiger partial charge in [0.1, 0.15) is 5.76 Å². The molecule has 1 saturated carbocycles. The van der Waals surface area contributed by atoms with E-state index in [9.17, 15) is 8.42 Å². The Labute approximate surface area is 119 Å². The predicted octanol–water partition coefficient (Wildman–Crippen LogP) is 0.501. The first-order valence-corrected chi connectivity index (χ1v) is 8.63. The highest BCUT2D eigenvalue weighted by atomic mass is 32.2. The molecule has 2 heterocycles. The van der Waals surface area contributed by atoms with Gasteiger partial charge in [0.2, 0.25) is 5.09 Å². The van der Waals surface area contributed by atoms with Crippen LogP contribution in [0.2, 0.25) is 0 Å². The van der Waals surface area contributed by atoms with E-state index in [1.54, 1.807) is 6.07 Å². The lowest BCUT2D eigenvalue weighted by atomic mass is 10.1. The number of hydrogen-bond acceptors (Lipinski definition) is 5. The maximum Gasteiger partial charge on any atom is 0.271 e. The van der Waals surface area contributed by atoms with Crippen molar-refractivity contribution in [2.24, 2.45) is 11.1 Å². The van der Waals surface area contributed by atoms with Crippen LogP contribution in [-0.4, -0.2) is 39.0 Å². The van der Waals surface area contributed by atoms with Gasteiger partial charge in [0.25, 0.3) is 10.0 Å². The minimum Gasteiger partial charge on any atom is -0.447 e. The van der Waals surface area contributed by atoms with Crippen LogP contribution in [0, 0.1) is 5.92 Å². The van der Waals surface area contributed by atoms with E-state index in [4.69, 9.17) is 9.56 Å². The van der Waals surface area contributed by atoms with Gasteiger partial charge in [-0.1, -0.05) is 0 Å². The summed E-state index contributed by atoms with van der Waals surface area (Å²) in [5.41, 5.74) is 0. The zero-order valence-electron chi connectivity index (χ0n) is 11.4. The maximum atomic E-state index is 11.1. The van der Waals surface area contributed by atoms with Crippen molar-refractivity contribution in [1.29, 1.82) is 0 Å². The standard InChI is InChI=1S/C13H21N3O3S/c14-20(17,18)13-4-3-12(19-13)8-15-7-10-5-6-16(9-10)11-1-2-11/h3-4,10-11,15H,1-2,5-9H2,(H2,14,17,18). The molecule has 2 aliphatic rings. The zero-order valence-corrected chi connectivity index (χ0v) is 12.2. The predicted molar refractivity (Wildman–Crippen MR) is 74.5 cm³/mol. The molecule has 0 amide bonds. The van der Waals surface area contributed by atoms with Gasteiger partial charge in [-0.2, -0.15) is 0 Å². The van der Waals surface area contributed by atoms with Crippen LogP contribution in [0.1, 0.15) is 25.0 Å². The summed E-state index contributed by atoms with van der Waals surface area (Å²) in [6, 6.07) is 3.90. The fourth-order valence-corrected chi connectivity index (χ4v) is 3.29. The maximum absolute atomic E-state index is 11.1. The Balaban J connectivity index is 1.42. The third-order valence-corrected chi connectivity index (χ3v) is 4.81. The Morgan fingerprint density at radius 3 is 2.80 bits per heavy atom. The number of hydrogen-bond donors (Lipinski definition) is 2. The molecular weight excluding hydrogens is 278 g/mol. The van der Waals surface area contributed by atoms with Gasteiger partial charge < -0.3 is 14.6 Å². The molecule has 0 bridgehead atoms. The molecule has 1 aliphatic carbocycles. The van der Waals surface area contributed by atoms with Crippen LogP contribution < -0.4 is 10.5 Å². The molecule has 2 fully saturated rings. The zero-order chi connectivity index (χ0) is 14.2. The van der Waals surface area contributed by atoms with E-state index in [-0.39, 0.29) is 5.09 Å². The smallest absolute Gasteiger partial charge is 0.271 e. The molecule has 1 atom stereocenters. The molecule has 6 nitrogen and oxygen atoms in total. The second-order valence-corrected chi connectivity index (χ2v) is 7.27. The number of primary sulfonamides is 1. The lowest BCUT2D eigenvalue weighted by Crippen LogP contribution is -2.27. The molecule has 3 rings (SSSR count). The van der Waals surface area contributed by atoms with E-state index in [1.807, 2.05) is 0 Å². The van der Waals surface area contributed by atoms with Gasteiger partial charge in [-0.3, -0.25) is 0 Å². The first-order chi connectivity index (χ1) is 9.52. The van der Waals surface area contributed by atoms with Crippen LogP contribution in [0.3, 0.4) is 0 Å². The summed E-state index contributed by atoms with van der Waals surface area (Å²) >= 11 is 0. The first-order valence-electron chi connectivity index (χ1n) is 7.08. The van der Waals surface area contributed by atoms with E-state index in [0.29, 0.717) is 18.2 Å². The van der Waals surface area contributed by atoms with E-state index in [0.717, 1.165) is 12.6 Å². The van der Waals surface area contributed by atoms with E-state index >= 15 is 0 Å². The molecule has 3 N–H and O–H groups in total. The van der Waals surface area contributed by atoms with Gasteiger partial charge in [0.15, 0.2) is 0 Å². The fraction of sp³-hybridized carbons (Fsp3) is 0.692. The van der Waals surface area contributed by atoms with Gasteiger partial charge >= 0.3 is 0 Å². The molecule has 0 spiro atoms. The first kappa shape index (κ1) is 14.1. The molecule has 1 saturated heterocycles. The molecule has 1 aromatic rings. The number of nitrogens with zero attached hydrogens (tertiary/aromatic N) is 1. The largest absolute Gasteiger partial charge is 0.447 e. The van der Waals surface area contributed by atoms with Crippen LogP contribution in [0.15, 0.2) is 21.6 Å². The van der Waals surface area contributed by atoms with E-state index in [1.165, 1.54) is 38.4 Å². The normalized spacial score (nSPS) is 24.4. The Morgan fingerprint density at radius 2 is 2.15 bits per heavy atom. The number of nitrogens with one attached hydrogen (secondary N) is 1. The van der Waals surface area contributed by atoms with Crippen molar-refractivity contribution in [3.05, 3.63) is 17.9 Å².